The molecule has 1 aromatic carbocycles. The Balaban J connectivity index is 2.04. The lowest BCUT2D eigenvalue weighted by Crippen LogP contribution is -2.42. The zero-order chi connectivity index (χ0) is 24.7. The highest BCUT2D eigenvalue weighted by atomic mass is 35.5. The van der Waals surface area contributed by atoms with E-state index in [9.17, 15) is 14.7 Å². The Morgan fingerprint density at radius 3 is 2.32 bits per heavy atom. The summed E-state index contributed by atoms with van der Waals surface area (Å²) in [5.74, 6) is -1.52. The maximum atomic E-state index is 13.7. The van der Waals surface area contributed by atoms with E-state index in [0.717, 1.165) is 12.0 Å². The largest absolute Gasteiger partial charge is 0.858 e. The van der Waals surface area contributed by atoms with Crippen molar-refractivity contribution in [3.63, 3.8) is 0 Å². The molecular formula is C26H27ClN4O3. The van der Waals surface area contributed by atoms with Gasteiger partial charge in [0.2, 0.25) is 0 Å². The highest BCUT2D eigenvalue weighted by molar-refractivity contribution is 6.45. The van der Waals surface area contributed by atoms with E-state index >= 15 is 0 Å². The van der Waals surface area contributed by atoms with Gasteiger partial charge in [0, 0.05) is 28.3 Å². The summed E-state index contributed by atoms with van der Waals surface area (Å²) in [6.07, 6.45) is 4.32. The number of imide groups is 1. The zero-order valence-corrected chi connectivity index (χ0v) is 20.6. The quantitative estimate of drug-likeness (QED) is 0.399. The SMILES string of the molecule is CCc1ccc[n+](C2=C(c3c(C(C)C)nn(-c4ccc(Cl)cc4)c3[O-])C(=O)N(C(C)C)C2=O)c1. The van der Waals surface area contributed by atoms with E-state index in [1.807, 2.05) is 39.1 Å². The molecule has 2 aromatic heterocycles. The van der Waals surface area contributed by atoms with Crippen molar-refractivity contribution in [2.45, 2.75) is 53.0 Å². The Labute approximate surface area is 203 Å². The first kappa shape index (κ1) is 23.7. The fourth-order valence-corrected chi connectivity index (χ4v) is 4.28. The molecular weight excluding hydrogens is 452 g/mol. The molecule has 0 bridgehead atoms. The second-order valence-electron chi connectivity index (χ2n) is 8.88. The summed E-state index contributed by atoms with van der Waals surface area (Å²) in [4.78, 5) is 28.4. The molecule has 0 aliphatic carbocycles. The second kappa shape index (κ2) is 9.06. The van der Waals surface area contributed by atoms with Gasteiger partial charge in [-0.1, -0.05) is 32.4 Å². The minimum atomic E-state index is -0.487. The summed E-state index contributed by atoms with van der Waals surface area (Å²) < 4.78 is 2.93. The van der Waals surface area contributed by atoms with E-state index in [-0.39, 0.29) is 28.8 Å². The molecule has 1 aliphatic rings. The highest BCUT2D eigenvalue weighted by Crippen LogP contribution is 2.39. The first-order valence-electron chi connectivity index (χ1n) is 11.3. The molecule has 0 radical (unpaired) electrons. The van der Waals surface area contributed by atoms with Crippen LogP contribution in [0.1, 0.15) is 57.4 Å². The van der Waals surface area contributed by atoms with Crippen molar-refractivity contribution < 1.29 is 19.3 Å². The summed E-state index contributed by atoms with van der Waals surface area (Å²) in [5.41, 5.74) is 2.42. The van der Waals surface area contributed by atoms with Crippen molar-refractivity contribution >= 4 is 34.7 Å². The molecule has 0 saturated heterocycles. The Kier molecular flexibility index (Phi) is 6.32. The van der Waals surface area contributed by atoms with E-state index < -0.39 is 17.7 Å². The normalized spacial score (nSPS) is 14.3. The molecule has 0 atom stereocenters. The number of aryl methyl sites for hydroxylation is 1. The van der Waals surface area contributed by atoms with Gasteiger partial charge >= 0.3 is 5.91 Å². The van der Waals surface area contributed by atoms with E-state index in [1.54, 1.807) is 48.9 Å². The second-order valence-corrected chi connectivity index (χ2v) is 9.32. The number of pyridine rings is 1. The number of carbonyl (C=O) groups excluding carboxylic acids is 2. The number of hydrogen-bond acceptors (Lipinski definition) is 4. The molecule has 0 saturated carbocycles. The van der Waals surface area contributed by atoms with Crippen LogP contribution in [0.15, 0.2) is 48.8 Å². The first-order chi connectivity index (χ1) is 16.1. The monoisotopic (exact) mass is 478 g/mol. The maximum Gasteiger partial charge on any atom is 0.327 e. The summed E-state index contributed by atoms with van der Waals surface area (Å²) >= 11 is 6.02. The van der Waals surface area contributed by atoms with E-state index in [2.05, 4.69) is 5.10 Å². The molecule has 1 aliphatic heterocycles. The number of hydrogen-bond donors (Lipinski definition) is 0. The highest BCUT2D eigenvalue weighted by Gasteiger charge is 2.48. The molecule has 0 N–H and O–H groups in total. The van der Waals surface area contributed by atoms with E-state index in [1.165, 1.54) is 9.58 Å². The van der Waals surface area contributed by atoms with Crippen LogP contribution in [0.2, 0.25) is 5.02 Å². The third-order valence-electron chi connectivity index (χ3n) is 5.87. The minimum absolute atomic E-state index is 0.0888. The van der Waals surface area contributed by atoms with Crippen LogP contribution < -0.4 is 9.67 Å². The Hall–Kier alpha value is -3.45. The lowest BCUT2D eigenvalue weighted by Gasteiger charge is -2.19. The van der Waals surface area contributed by atoms with Crippen molar-refractivity contribution in [1.82, 2.24) is 14.7 Å². The zero-order valence-electron chi connectivity index (χ0n) is 19.9. The number of benzene rings is 1. The third-order valence-corrected chi connectivity index (χ3v) is 6.13. The molecule has 3 aromatic rings. The average molecular weight is 479 g/mol. The van der Waals surface area contributed by atoms with Gasteiger partial charge in [-0.2, -0.15) is 9.67 Å². The van der Waals surface area contributed by atoms with E-state index in [0.29, 0.717) is 16.4 Å². The van der Waals surface area contributed by atoms with E-state index in [4.69, 9.17) is 11.6 Å². The summed E-state index contributed by atoms with van der Waals surface area (Å²) in [6.45, 7) is 9.39. The van der Waals surface area contributed by atoms with Gasteiger partial charge in [0.25, 0.3) is 11.6 Å². The summed E-state index contributed by atoms with van der Waals surface area (Å²) in [5, 5.41) is 18.9. The standard InChI is InChI=1S/C26H27ClN4O3/c1-6-17-8-7-13-29(14-17)23-21(24(32)30(16(4)5)26(23)34)20-22(15(2)3)28-31(25(20)33)19-11-9-18(27)10-12-19/h7-16H,6H2,1-5H3. The fraction of sp³-hybridized carbons (Fsp3) is 0.308. The predicted molar refractivity (Wildman–Crippen MR) is 128 cm³/mol. The molecule has 176 valence electrons. The smallest absolute Gasteiger partial charge is 0.327 e. The van der Waals surface area contributed by atoms with Crippen molar-refractivity contribution in [1.29, 1.82) is 0 Å². The molecule has 8 heteroatoms. The van der Waals surface area contributed by atoms with Crippen LogP contribution in [0.5, 0.6) is 5.88 Å². The van der Waals surface area contributed by atoms with Gasteiger partial charge in [-0.25, -0.2) is 4.68 Å². The van der Waals surface area contributed by atoms with Gasteiger partial charge in [-0.3, -0.25) is 14.5 Å². The van der Waals surface area contributed by atoms with Gasteiger partial charge in [-0.05, 0) is 62.4 Å². The molecule has 2 amide bonds. The lowest BCUT2D eigenvalue weighted by atomic mass is 9.98. The first-order valence-corrected chi connectivity index (χ1v) is 11.7. The van der Waals surface area contributed by atoms with Crippen LogP contribution >= 0.6 is 11.6 Å². The maximum absolute atomic E-state index is 13.7. The van der Waals surface area contributed by atoms with Crippen molar-refractivity contribution in [2.24, 2.45) is 0 Å². The molecule has 34 heavy (non-hydrogen) atoms. The number of nitrogens with zero attached hydrogens (tertiary/aromatic N) is 4. The number of halogens is 1. The lowest BCUT2D eigenvalue weighted by molar-refractivity contribution is -0.577. The number of amides is 2. The average Bonchev–Trinajstić information content (AvgIpc) is 3.27. The molecule has 7 nitrogen and oxygen atoms in total. The van der Waals surface area contributed by atoms with Gasteiger partial charge in [0.05, 0.1) is 11.4 Å². The molecule has 0 spiro atoms. The number of carbonyl (C=O) groups is 2. The van der Waals surface area contributed by atoms with Crippen molar-refractivity contribution in [2.75, 3.05) is 0 Å². The molecule has 0 unspecified atom stereocenters. The summed E-state index contributed by atoms with van der Waals surface area (Å²) in [7, 11) is 0. The van der Waals surface area contributed by atoms with Gasteiger partial charge in [0.15, 0.2) is 12.4 Å². The Morgan fingerprint density at radius 1 is 1.06 bits per heavy atom. The topological polar surface area (TPSA) is 82.1 Å². The predicted octanol–water partition coefficient (Wildman–Crippen LogP) is 3.72. The third kappa shape index (κ3) is 3.90. The van der Waals surface area contributed by atoms with Gasteiger partial charge < -0.3 is 5.11 Å². The molecule has 4 rings (SSSR count). The van der Waals surface area contributed by atoms with Crippen LogP contribution in [0.3, 0.4) is 0 Å². The van der Waals surface area contributed by atoms with Gasteiger partial charge in [0.1, 0.15) is 5.57 Å². The van der Waals surface area contributed by atoms with Crippen LogP contribution in [0, 0.1) is 0 Å². The van der Waals surface area contributed by atoms with Crippen LogP contribution in [0.25, 0.3) is 17.0 Å². The van der Waals surface area contributed by atoms with Crippen molar-refractivity contribution in [3.05, 3.63) is 70.6 Å². The molecule has 0 fully saturated rings. The Bertz CT molecular complexity index is 1310. The fourth-order valence-electron chi connectivity index (χ4n) is 4.16. The molecule has 3 heterocycles. The van der Waals surface area contributed by atoms with Crippen molar-refractivity contribution in [3.8, 4) is 11.6 Å². The Morgan fingerprint density at radius 2 is 1.74 bits per heavy atom. The minimum Gasteiger partial charge on any atom is -0.858 e. The van der Waals surface area contributed by atoms with Crippen LogP contribution in [-0.4, -0.2) is 32.5 Å². The number of aromatic nitrogens is 3. The van der Waals surface area contributed by atoms with Crippen LogP contribution in [-0.2, 0) is 16.0 Å². The van der Waals surface area contributed by atoms with Gasteiger partial charge in [-0.15, -0.1) is 0 Å². The summed E-state index contributed by atoms with van der Waals surface area (Å²) in [6, 6.07) is 10.2. The van der Waals surface area contributed by atoms with Crippen LogP contribution in [0.4, 0.5) is 0 Å². The number of rotatable bonds is 6.